The molecule has 1 aliphatic heterocycles. The maximum atomic E-state index is 10.7. The molecular formula is C14H21N3O2. The molecule has 0 aromatic carbocycles. The first-order chi connectivity index (χ1) is 9.08. The van der Waals surface area contributed by atoms with E-state index in [0.29, 0.717) is 12.3 Å². The average molecular weight is 263 g/mol. The standard InChI is InChI=1S/C14H21N3O2/c1-10-14(16-6-5-15-10)11(2)17-7-3-12(4-8-17)9-13(18)19/h5-6,11-12H,3-4,7-9H2,1-2H3,(H,18,19). The average Bonchev–Trinajstić information content (AvgIpc) is 2.39. The summed E-state index contributed by atoms with van der Waals surface area (Å²) in [6.07, 6.45) is 5.65. The lowest BCUT2D eigenvalue weighted by Crippen LogP contribution is -2.36. The quantitative estimate of drug-likeness (QED) is 0.900. The Bertz CT molecular complexity index is 442. The summed E-state index contributed by atoms with van der Waals surface area (Å²) < 4.78 is 0. The van der Waals surface area contributed by atoms with Gasteiger partial charge in [0.2, 0.25) is 0 Å². The van der Waals surface area contributed by atoms with Gasteiger partial charge < -0.3 is 5.11 Å². The predicted molar refractivity (Wildman–Crippen MR) is 71.7 cm³/mol. The zero-order valence-electron chi connectivity index (χ0n) is 11.5. The molecule has 1 unspecified atom stereocenters. The molecule has 5 heteroatoms. The predicted octanol–water partition coefficient (Wildman–Crippen LogP) is 2.03. The van der Waals surface area contributed by atoms with Crippen molar-refractivity contribution < 1.29 is 9.90 Å². The van der Waals surface area contributed by atoms with Gasteiger partial charge in [-0.05, 0) is 45.7 Å². The Morgan fingerprint density at radius 2 is 2.05 bits per heavy atom. The summed E-state index contributed by atoms with van der Waals surface area (Å²) in [6, 6.07) is 0.250. The first kappa shape index (κ1) is 13.9. The fourth-order valence-corrected chi connectivity index (χ4v) is 2.79. The lowest BCUT2D eigenvalue weighted by molar-refractivity contribution is -0.138. The van der Waals surface area contributed by atoms with Gasteiger partial charge in [-0.15, -0.1) is 0 Å². The fourth-order valence-electron chi connectivity index (χ4n) is 2.79. The minimum atomic E-state index is -0.684. The molecule has 1 aliphatic rings. The highest BCUT2D eigenvalue weighted by Gasteiger charge is 2.26. The monoisotopic (exact) mass is 263 g/mol. The van der Waals surface area contributed by atoms with Crippen LogP contribution in [-0.4, -0.2) is 39.0 Å². The summed E-state index contributed by atoms with van der Waals surface area (Å²) in [5.41, 5.74) is 2.00. The molecule has 0 radical (unpaired) electrons. The van der Waals surface area contributed by atoms with E-state index < -0.39 is 5.97 Å². The molecule has 1 aromatic rings. The number of likely N-dealkylation sites (tertiary alicyclic amines) is 1. The zero-order chi connectivity index (χ0) is 13.8. The lowest BCUT2D eigenvalue weighted by Gasteiger charge is -2.35. The second-order valence-electron chi connectivity index (χ2n) is 5.28. The number of carboxylic acid groups (broad SMARTS) is 1. The van der Waals surface area contributed by atoms with Crippen molar-refractivity contribution in [2.45, 2.75) is 39.2 Å². The first-order valence-corrected chi connectivity index (χ1v) is 6.81. The summed E-state index contributed by atoms with van der Waals surface area (Å²) in [6.45, 7) is 6.01. The summed E-state index contributed by atoms with van der Waals surface area (Å²) in [5, 5.41) is 8.82. The van der Waals surface area contributed by atoms with E-state index >= 15 is 0 Å². The van der Waals surface area contributed by atoms with Crippen molar-refractivity contribution in [3.8, 4) is 0 Å². The third-order valence-corrected chi connectivity index (χ3v) is 3.98. The molecule has 0 saturated carbocycles. The van der Waals surface area contributed by atoms with Gasteiger partial charge in [-0.3, -0.25) is 19.7 Å². The molecule has 1 fully saturated rings. The number of nitrogens with zero attached hydrogens (tertiary/aromatic N) is 3. The molecule has 1 aromatic heterocycles. The van der Waals surface area contributed by atoms with Gasteiger partial charge in [0.15, 0.2) is 0 Å². The molecule has 0 bridgehead atoms. The Hall–Kier alpha value is -1.49. The lowest BCUT2D eigenvalue weighted by atomic mass is 9.92. The largest absolute Gasteiger partial charge is 0.481 e. The third kappa shape index (κ3) is 3.50. The van der Waals surface area contributed by atoms with Crippen molar-refractivity contribution >= 4 is 5.97 Å². The summed E-state index contributed by atoms with van der Waals surface area (Å²) in [5.74, 6) is -0.361. The van der Waals surface area contributed by atoms with Crippen LogP contribution < -0.4 is 0 Å². The zero-order valence-corrected chi connectivity index (χ0v) is 11.5. The van der Waals surface area contributed by atoms with Crippen LogP contribution in [0, 0.1) is 12.8 Å². The molecule has 5 nitrogen and oxygen atoms in total. The Morgan fingerprint density at radius 1 is 1.42 bits per heavy atom. The van der Waals surface area contributed by atoms with Crippen LogP contribution in [0.3, 0.4) is 0 Å². The van der Waals surface area contributed by atoms with E-state index in [4.69, 9.17) is 5.11 Å². The number of carboxylic acids is 1. The second-order valence-corrected chi connectivity index (χ2v) is 5.28. The summed E-state index contributed by atoms with van der Waals surface area (Å²) >= 11 is 0. The molecule has 2 rings (SSSR count). The van der Waals surface area contributed by atoms with E-state index in [0.717, 1.165) is 37.3 Å². The molecule has 0 spiro atoms. The number of hydrogen-bond donors (Lipinski definition) is 1. The van der Waals surface area contributed by atoms with Crippen molar-refractivity contribution in [3.63, 3.8) is 0 Å². The smallest absolute Gasteiger partial charge is 0.303 e. The number of aryl methyl sites for hydroxylation is 1. The Labute approximate surface area is 113 Å². The van der Waals surface area contributed by atoms with Crippen LogP contribution >= 0.6 is 0 Å². The number of rotatable bonds is 4. The van der Waals surface area contributed by atoms with Gasteiger partial charge in [0.25, 0.3) is 0 Å². The van der Waals surface area contributed by atoms with Gasteiger partial charge in [-0.1, -0.05) is 0 Å². The molecule has 1 N–H and O–H groups in total. The number of piperidine rings is 1. The molecule has 0 amide bonds. The highest BCUT2D eigenvalue weighted by molar-refractivity contribution is 5.67. The van der Waals surface area contributed by atoms with E-state index in [9.17, 15) is 4.79 Å². The maximum Gasteiger partial charge on any atom is 0.303 e. The van der Waals surface area contributed by atoms with E-state index in [-0.39, 0.29) is 6.04 Å². The fraction of sp³-hybridized carbons (Fsp3) is 0.643. The molecule has 2 heterocycles. The Kier molecular flexibility index (Phi) is 4.47. The first-order valence-electron chi connectivity index (χ1n) is 6.81. The Morgan fingerprint density at radius 3 is 2.63 bits per heavy atom. The van der Waals surface area contributed by atoms with E-state index in [1.54, 1.807) is 12.4 Å². The maximum absolute atomic E-state index is 10.7. The van der Waals surface area contributed by atoms with E-state index in [1.165, 1.54) is 0 Å². The minimum Gasteiger partial charge on any atom is -0.481 e. The SMILES string of the molecule is Cc1nccnc1C(C)N1CCC(CC(=O)O)CC1. The second kappa shape index (κ2) is 6.10. The summed E-state index contributed by atoms with van der Waals surface area (Å²) in [4.78, 5) is 21.8. The van der Waals surface area contributed by atoms with Crippen LogP contribution in [-0.2, 0) is 4.79 Å². The molecule has 0 aliphatic carbocycles. The number of carbonyl (C=O) groups is 1. The van der Waals surface area contributed by atoms with Crippen LogP contribution in [0.4, 0.5) is 0 Å². The van der Waals surface area contributed by atoms with Crippen molar-refractivity contribution in [2.24, 2.45) is 5.92 Å². The van der Waals surface area contributed by atoms with Crippen LogP contribution in [0.2, 0.25) is 0 Å². The molecule has 1 saturated heterocycles. The normalized spacial score (nSPS) is 19.3. The minimum absolute atomic E-state index is 0.250. The van der Waals surface area contributed by atoms with Gasteiger partial charge in [-0.25, -0.2) is 0 Å². The number of aliphatic carboxylic acids is 1. The number of hydrogen-bond acceptors (Lipinski definition) is 4. The van der Waals surface area contributed by atoms with Gasteiger partial charge >= 0.3 is 5.97 Å². The molecule has 19 heavy (non-hydrogen) atoms. The van der Waals surface area contributed by atoms with Crippen molar-refractivity contribution in [2.75, 3.05) is 13.1 Å². The van der Waals surface area contributed by atoms with Gasteiger partial charge in [0.1, 0.15) is 0 Å². The highest BCUT2D eigenvalue weighted by atomic mass is 16.4. The van der Waals surface area contributed by atoms with Crippen LogP contribution in [0.1, 0.15) is 43.6 Å². The molecular weight excluding hydrogens is 242 g/mol. The van der Waals surface area contributed by atoms with Crippen LogP contribution in [0.15, 0.2) is 12.4 Å². The number of aromatic nitrogens is 2. The van der Waals surface area contributed by atoms with Gasteiger partial charge in [0, 0.05) is 18.8 Å². The summed E-state index contributed by atoms with van der Waals surface area (Å²) in [7, 11) is 0. The van der Waals surface area contributed by atoms with E-state index in [1.807, 2.05) is 6.92 Å². The topological polar surface area (TPSA) is 66.3 Å². The molecule has 104 valence electrons. The van der Waals surface area contributed by atoms with Gasteiger partial charge in [0.05, 0.1) is 17.4 Å². The molecule has 1 atom stereocenters. The van der Waals surface area contributed by atoms with Gasteiger partial charge in [-0.2, -0.15) is 0 Å². The van der Waals surface area contributed by atoms with Crippen LogP contribution in [0.5, 0.6) is 0 Å². The Balaban J connectivity index is 1.94. The highest BCUT2D eigenvalue weighted by Crippen LogP contribution is 2.27. The van der Waals surface area contributed by atoms with E-state index in [2.05, 4.69) is 21.8 Å². The van der Waals surface area contributed by atoms with Crippen molar-refractivity contribution in [1.82, 2.24) is 14.9 Å². The van der Waals surface area contributed by atoms with Crippen molar-refractivity contribution in [3.05, 3.63) is 23.8 Å². The third-order valence-electron chi connectivity index (χ3n) is 3.98. The van der Waals surface area contributed by atoms with Crippen molar-refractivity contribution in [1.29, 1.82) is 0 Å². The van der Waals surface area contributed by atoms with Crippen LogP contribution in [0.25, 0.3) is 0 Å².